The van der Waals surface area contributed by atoms with Crippen molar-refractivity contribution in [2.45, 2.75) is 109 Å². The quantitative estimate of drug-likeness (QED) is 0.0282. The maximum Gasteiger partial charge on any atom is 0.246 e. The predicted molar refractivity (Wildman–Crippen MR) is 291 cm³/mol. The fourth-order valence-electron chi connectivity index (χ4n) is 8.33. The van der Waals surface area contributed by atoms with Crippen molar-refractivity contribution in [2.24, 2.45) is 32.9 Å². The average molecular weight is 1050 g/mol. The number of hydrogen-bond acceptors (Lipinski definition) is 11. The molecule has 1 fully saturated rings. The van der Waals surface area contributed by atoms with E-state index in [9.17, 15) is 33.9 Å². The summed E-state index contributed by atoms with van der Waals surface area (Å²) in [6.07, 6.45) is 2.65. The predicted octanol–water partition coefficient (Wildman–Crippen LogP) is 1.07. The Balaban J connectivity index is 1.50. The molecule has 5 atom stereocenters. The van der Waals surface area contributed by atoms with Gasteiger partial charge in [0.15, 0.2) is 11.9 Å². The van der Waals surface area contributed by atoms with Crippen molar-refractivity contribution in [2.75, 3.05) is 31.1 Å². The Morgan fingerprint density at radius 1 is 0.613 bits per heavy atom. The number of nitrogens with one attached hydrogen (secondary N) is 6. The van der Waals surface area contributed by atoms with E-state index < -0.39 is 59.7 Å². The first-order valence-electron chi connectivity index (χ1n) is 25.0. The first-order chi connectivity index (χ1) is 35.9. The van der Waals surface area contributed by atoms with Crippen molar-refractivity contribution in [3.63, 3.8) is 0 Å². The normalized spacial score (nSPS) is 18.6. The topological polar surface area (TPSA) is 344 Å². The van der Waals surface area contributed by atoms with Crippen LogP contribution in [0.15, 0.2) is 101 Å². The van der Waals surface area contributed by atoms with E-state index in [1.807, 2.05) is 66.7 Å². The minimum Gasteiger partial charge on any atom is -0.508 e. The first-order valence-corrected chi connectivity index (χ1v) is 26.2. The Morgan fingerprint density at radius 3 is 1.88 bits per heavy atom. The van der Waals surface area contributed by atoms with Gasteiger partial charge in [0.25, 0.3) is 0 Å². The highest BCUT2D eigenvalue weighted by Crippen LogP contribution is 2.19. The molecule has 1 saturated heterocycles. The number of benzene rings is 4. The number of nitrogens with two attached hydrogens (primary N) is 4. The standard InChI is InChI=1S/C53H71N13O8S/c1-33-47(70)62-42(15-10-23-59-53(56)57)48(71)63-43(28-36-16-19-39-13-5-6-14-40(39)26-36)49(72)65-45(31-75-32-46(69)61-30-38-12-9-11-37(25-38)29-60-34(2)67)50(73)64-44(27-35-17-20-41(68)21-18-35)51(74)66(33)24-8-4-3-7-22-58-52(54)55/h5-6,9,11-14,16-21,25-26,33,42-45,68H,3-4,7-8,10,15,22-24,27-32H2,1-2H3,(H,60,67)(H,61,69)(H,62,70)(H,63,71)(H,64,73)(H,65,72)(H4,54,55,58)(H4,56,57,59)/t33-,42+,43+,44-,45-/m1/s1. The second-order valence-electron chi connectivity index (χ2n) is 18.4. The molecule has 5 rings (SSSR count). The zero-order chi connectivity index (χ0) is 54.3. The lowest BCUT2D eigenvalue weighted by atomic mass is 10.00. The Bertz CT molecular complexity index is 2660. The smallest absolute Gasteiger partial charge is 0.246 e. The monoisotopic (exact) mass is 1050 g/mol. The van der Waals surface area contributed by atoms with Gasteiger partial charge < -0.3 is 64.8 Å². The maximum absolute atomic E-state index is 15.1. The lowest BCUT2D eigenvalue weighted by Gasteiger charge is -2.33. The lowest BCUT2D eigenvalue weighted by Crippen LogP contribution is -2.59. The molecular formula is C53H71N13O8S. The number of phenols is 1. The number of guanidine groups is 2. The molecule has 1 aliphatic rings. The minimum atomic E-state index is -1.36. The van der Waals surface area contributed by atoms with E-state index in [1.54, 1.807) is 19.1 Å². The Hall–Kier alpha value is -7.88. The van der Waals surface area contributed by atoms with Crippen molar-refractivity contribution in [1.29, 1.82) is 0 Å². The van der Waals surface area contributed by atoms with E-state index in [-0.39, 0.29) is 86.3 Å². The molecule has 1 aliphatic heterocycles. The number of hydrogen-bond donors (Lipinski definition) is 11. The summed E-state index contributed by atoms with van der Waals surface area (Å²) in [6.45, 7) is 4.10. The Labute approximate surface area is 441 Å². The van der Waals surface area contributed by atoms with Crippen LogP contribution in [0, 0.1) is 0 Å². The lowest BCUT2D eigenvalue weighted by molar-refractivity contribution is -0.143. The van der Waals surface area contributed by atoms with Crippen LogP contribution in [-0.4, -0.2) is 125 Å². The Kier molecular flexibility index (Phi) is 23.0. The van der Waals surface area contributed by atoms with E-state index in [0.717, 1.165) is 33.7 Å². The van der Waals surface area contributed by atoms with E-state index in [4.69, 9.17) is 22.9 Å². The number of carbonyl (C=O) groups is 7. The van der Waals surface area contributed by atoms with Crippen LogP contribution in [0.4, 0.5) is 0 Å². The van der Waals surface area contributed by atoms with E-state index in [2.05, 4.69) is 41.9 Å². The molecule has 0 unspecified atom stereocenters. The molecule has 21 nitrogen and oxygen atoms in total. The number of phenolic OH excluding ortho intramolecular Hbond substituents is 1. The molecule has 0 aromatic heterocycles. The highest BCUT2D eigenvalue weighted by molar-refractivity contribution is 8.00. The zero-order valence-corrected chi connectivity index (χ0v) is 43.3. The van der Waals surface area contributed by atoms with Crippen molar-refractivity contribution >= 4 is 75.8 Å². The van der Waals surface area contributed by atoms with Crippen LogP contribution in [-0.2, 0) is 59.5 Å². The Morgan fingerprint density at radius 2 is 1.19 bits per heavy atom. The molecule has 7 amide bonds. The summed E-state index contributed by atoms with van der Waals surface area (Å²) in [5.41, 5.74) is 25.1. The molecule has 15 N–H and O–H groups in total. The van der Waals surface area contributed by atoms with E-state index in [1.165, 1.54) is 24.0 Å². The van der Waals surface area contributed by atoms with Gasteiger partial charge in [0.2, 0.25) is 41.4 Å². The minimum absolute atomic E-state index is 0.0171. The van der Waals surface area contributed by atoms with Gasteiger partial charge in [0.1, 0.15) is 36.0 Å². The van der Waals surface area contributed by atoms with Crippen LogP contribution in [0.2, 0.25) is 0 Å². The number of carbonyl (C=O) groups excluding carboxylic acids is 7. The molecule has 0 radical (unpaired) electrons. The van der Waals surface area contributed by atoms with Crippen LogP contribution in [0.25, 0.3) is 10.8 Å². The van der Waals surface area contributed by atoms with Gasteiger partial charge in [0.05, 0.1) is 5.75 Å². The average Bonchev–Trinajstić information content (AvgIpc) is 3.38. The van der Waals surface area contributed by atoms with Crippen LogP contribution in [0.5, 0.6) is 5.75 Å². The molecule has 4 aromatic carbocycles. The molecule has 402 valence electrons. The third kappa shape index (κ3) is 19.8. The number of unbranched alkanes of at least 4 members (excludes halogenated alkanes) is 3. The van der Waals surface area contributed by atoms with Crippen molar-refractivity contribution in [1.82, 2.24) is 36.8 Å². The second-order valence-corrected chi connectivity index (χ2v) is 19.4. The SMILES string of the molecule is CC(=O)NCc1cccc(CNC(=O)CSC[C@H]2NC(=O)[C@H](Cc3ccc4ccccc4c3)NC(=O)[C@H](CCCN=C(N)N)NC(=O)[C@@H](C)N(CCCCCCN=C(N)N)C(=O)[C@@H](Cc3ccc(O)cc3)NC2=O)c1. The van der Waals surface area contributed by atoms with Crippen LogP contribution in [0.3, 0.4) is 0 Å². The molecule has 4 aromatic rings. The number of amides is 7. The van der Waals surface area contributed by atoms with Gasteiger partial charge in [-0.25, -0.2) is 0 Å². The van der Waals surface area contributed by atoms with Gasteiger partial charge in [-0.3, -0.25) is 43.5 Å². The number of rotatable bonds is 23. The summed E-state index contributed by atoms with van der Waals surface area (Å²) >= 11 is 1.07. The number of nitrogens with zero attached hydrogens (tertiary/aromatic N) is 3. The van der Waals surface area contributed by atoms with E-state index in [0.29, 0.717) is 49.9 Å². The zero-order valence-electron chi connectivity index (χ0n) is 42.5. The first kappa shape index (κ1) is 58.0. The fraction of sp³-hybridized carbons (Fsp3) is 0.415. The summed E-state index contributed by atoms with van der Waals surface area (Å²) in [5.74, 6) is -4.46. The van der Waals surface area contributed by atoms with Crippen LogP contribution in [0.1, 0.15) is 74.6 Å². The van der Waals surface area contributed by atoms with Gasteiger partial charge in [-0.2, -0.15) is 0 Å². The van der Waals surface area contributed by atoms with E-state index >= 15 is 4.79 Å². The molecule has 0 bridgehead atoms. The third-order valence-corrected chi connectivity index (χ3v) is 13.4. The van der Waals surface area contributed by atoms with Crippen molar-refractivity contribution in [3.05, 3.63) is 113 Å². The number of fused-ring (bicyclic) bond motifs is 1. The molecular weight excluding hydrogens is 979 g/mol. The van der Waals surface area contributed by atoms with Gasteiger partial charge in [-0.05, 0) is 77.8 Å². The van der Waals surface area contributed by atoms with Gasteiger partial charge in [0, 0.05) is 58.2 Å². The number of aliphatic imine (C=N–C) groups is 2. The molecule has 0 saturated carbocycles. The molecule has 22 heteroatoms. The van der Waals surface area contributed by atoms with Gasteiger partial charge in [-0.1, -0.05) is 91.7 Å². The van der Waals surface area contributed by atoms with Crippen LogP contribution >= 0.6 is 11.8 Å². The summed E-state index contributed by atoms with van der Waals surface area (Å²) in [4.78, 5) is 108. The number of aromatic hydroxyl groups is 1. The highest BCUT2D eigenvalue weighted by atomic mass is 32.2. The van der Waals surface area contributed by atoms with Gasteiger partial charge >= 0.3 is 0 Å². The second kappa shape index (κ2) is 29.7. The maximum atomic E-state index is 15.1. The molecule has 0 aliphatic carbocycles. The van der Waals surface area contributed by atoms with Gasteiger partial charge in [-0.15, -0.1) is 11.8 Å². The summed E-state index contributed by atoms with van der Waals surface area (Å²) in [7, 11) is 0. The molecule has 1 heterocycles. The molecule has 75 heavy (non-hydrogen) atoms. The van der Waals surface area contributed by atoms with Crippen LogP contribution < -0.4 is 54.8 Å². The fourth-order valence-corrected chi connectivity index (χ4v) is 9.21. The molecule has 0 spiro atoms. The number of thioether (sulfide) groups is 1. The third-order valence-electron chi connectivity index (χ3n) is 12.4. The summed E-state index contributed by atoms with van der Waals surface area (Å²) < 4.78 is 0. The highest BCUT2D eigenvalue weighted by Gasteiger charge is 2.37. The summed E-state index contributed by atoms with van der Waals surface area (Å²) in [6, 6.07) is 20.4. The van der Waals surface area contributed by atoms with Crippen molar-refractivity contribution < 1.29 is 38.7 Å². The van der Waals surface area contributed by atoms with Crippen molar-refractivity contribution in [3.8, 4) is 5.75 Å². The largest absolute Gasteiger partial charge is 0.508 e. The summed E-state index contributed by atoms with van der Waals surface area (Å²) in [5, 5.41) is 29.0.